The van der Waals surface area contributed by atoms with Crippen LogP contribution in [0.15, 0.2) is 42.5 Å². The predicted molar refractivity (Wildman–Crippen MR) is 111 cm³/mol. The summed E-state index contributed by atoms with van der Waals surface area (Å²) < 4.78 is 0. The van der Waals surface area contributed by atoms with Crippen LogP contribution in [-0.4, -0.2) is 16.2 Å². The summed E-state index contributed by atoms with van der Waals surface area (Å²) in [5.41, 5.74) is 5.58. The minimum atomic E-state index is -0.946. The topological polar surface area (TPSA) is 57.5 Å². The quantitative estimate of drug-likeness (QED) is 0.685. The summed E-state index contributed by atoms with van der Waals surface area (Å²) in [5, 5.41) is 18.6. The second-order valence-electron chi connectivity index (χ2n) is 9.11. The third kappa shape index (κ3) is 5.46. The molecule has 2 aromatic rings. The van der Waals surface area contributed by atoms with E-state index in [1.165, 1.54) is 22.8 Å². The van der Waals surface area contributed by atoms with Crippen LogP contribution in [0.5, 0.6) is 5.75 Å². The van der Waals surface area contributed by atoms with E-state index < -0.39 is 5.97 Å². The molecule has 3 heteroatoms. The van der Waals surface area contributed by atoms with Crippen molar-refractivity contribution in [3.63, 3.8) is 0 Å². The Morgan fingerprint density at radius 2 is 1.41 bits per heavy atom. The molecule has 0 aromatic heterocycles. The molecule has 0 radical (unpaired) electrons. The number of rotatable bonds is 4. The fourth-order valence-corrected chi connectivity index (χ4v) is 3.30. The monoisotopic (exact) mass is 366 g/mol. The minimum Gasteiger partial charge on any atom is -0.508 e. The van der Waals surface area contributed by atoms with Crippen LogP contribution in [0.25, 0.3) is 6.08 Å². The summed E-state index contributed by atoms with van der Waals surface area (Å²) in [5.74, 6) is -0.683. The van der Waals surface area contributed by atoms with E-state index in [1.54, 1.807) is 18.2 Å². The van der Waals surface area contributed by atoms with E-state index in [-0.39, 0.29) is 16.6 Å². The summed E-state index contributed by atoms with van der Waals surface area (Å²) in [4.78, 5) is 11.0. The molecule has 0 heterocycles. The molecule has 0 unspecified atom stereocenters. The van der Waals surface area contributed by atoms with Crippen molar-refractivity contribution in [2.45, 2.75) is 58.8 Å². The number of carboxylic acids is 1. The van der Waals surface area contributed by atoms with Crippen molar-refractivity contribution < 1.29 is 15.0 Å². The van der Waals surface area contributed by atoms with Gasteiger partial charge in [0.2, 0.25) is 0 Å². The van der Waals surface area contributed by atoms with Crippen LogP contribution in [0.3, 0.4) is 0 Å². The standard InChI is InChI=1S/C24H30O3/c1-23(2,3)20-14-17(9-12-22(26)27)15-21(24(4,5)6)19(20)13-16-7-10-18(25)11-8-16/h7-12,14-15,25H,13H2,1-6H3,(H,26,27). The molecule has 0 spiro atoms. The summed E-state index contributed by atoms with van der Waals surface area (Å²) in [7, 11) is 0. The Kier molecular flexibility index (Phi) is 5.84. The van der Waals surface area contributed by atoms with E-state index in [0.717, 1.165) is 17.5 Å². The SMILES string of the molecule is CC(C)(C)c1cc(C=CC(=O)O)cc(C(C)(C)C)c1Cc1ccc(O)cc1. The van der Waals surface area contributed by atoms with Crippen molar-refractivity contribution in [3.8, 4) is 5.75 Å². The number of phenolic OH excluding ortho intramolecular Hbond substituents is 1. The number of aliphatic carboxylic acids is 1. The molecule has 144 valence electrons. The first kappa shape index (κ1) is 20.8. The average Bonchev–Trinajstić information content (AvgIpc) is 2.53. The zero-order valence-electron chi connectivity index (χ0n) is 17.1. The number of carbonyl (C=O) groups is 1. The minimum absolute atomic E-state index is 0.0840. The van der Waals surface area contributed by atoms with E-state index in [9.17, 15) is 9.90 Å². The Bertz CT molecular complexity index is 810. The lowest BCUT2D eigenvalue weighted by atomic mass is 9.74. The van der Waals surface area contributed by atoms with Crippen LogP contribution in [-0.2, 0) is 22.0 Å². The highest BCUT2D eigenvalue weighted by atomic mass is 16.4. The van der Waals surface area contributed by atoms with Crippen molar-refractivity contribution in [1.29, 1.82) is 0 Å². The molecular weight excluding hydrogens is 336 g/mol. The van der Waals surface area contributed by atoms with Gasteiger partial charge in [-0.3, -0.25) is 0 Å². The van der Waals surface area contributed by atoms with Crippen molar-refractivity contribution in [2.24, 2.45) is 0 Å². The van der Waals surface area contributed by atoms with E-state index >= 15 is 0 Å². The second kappa shape index (κ2) is 7.59. The van der Waals surface area contributed by atoms with Gasteiger partial charge in [0.1, 0.15) is 5.75 Å². The van der Waals surface area contributed by atoms with Gasteiger partial charge in [0.15, 0.2) is 0 Å². The molecular formula is C24H30O3. The van der Waals surface area contributed by atoms with Gasteiger partial charge in [0.05, 0.1) is 0 Å². The van der Waals surface area contributed by atoms with E-state index in [2.05, 4.69) is 53.7 Å². The lowest BCUT2D eigenvalue weighted by molar-refractivity contribution is -0.131. The van der Waals surface area contributed by atoms with E-state index in [4.69, 9.17) is 5.11 Å². The molecule has 0 fully saturated rings. The Balaban J connectivity index is 2.70. The van der Waals surface area contributed by atoms with Crippen LogP contribution < -0.4 is 0 Å². The van der Waals surface area contributed by atoms with Crippen LogP contribution in [0.2, 0.25) is 0 Å². The first-order valence-electron chi connectivity index (χ1n) is 9.25. The van der Waals surface area contributed by atoms with E-state index in [0.29, 0.717) is 0 Å². The van der Waals surface area contributed by atoms with Crippen LogP contribution in [0.4, 0.5) is 0 Å². The van der Waals surface area contributed by atoms with Crippen molar-refractivity contribution in [2.75, 3.05) is 0 Å². The summed E-state index contributed by atoms with van der Waals surface area (Å²) in [6.07, 6.45) is 3.62. The van der Waals surface area contributed by atoms with Gasteiger partial charge in [0.25, 0.3) is 0 Å². The summed E-state index contributed by atoms with van der Waals surface area (Å²) in [6.45, 7) is 13.1. The molecule has 0 aliphatic heterocycles. The van der Waals surface area contributed by atoms with Crippen molar-refractivity contribution in [3.05, 3.63) is 70.3 Å². The molecule has 0 bridgehead atoms. The van der Waals surface area contributed by atoms with Gasteiger partial charge in [0, 0.05) is 6.08 Å². The Morgan fingerprint density at radius 1 is 0.926 bits per heavy atom. The number of aromatic hydroxyl groups is 1. The molecule has 2 aromatic carbocycles. The predicted octanol–water partition coefficient (Wildman–Crippen LogP) is 5.68. The number of benzene rings is 2. The lowest BCUT2D eigenvalue weighted by Crippen LogP contribution is -2.22. The molecule has 2 rings (SSSR count). The Hall–Kier alpha value is -2.55. The number of hydrogen-bond acceptors (Lipinski definition) is 2. The van der Waals surface area contributed by atoms with Gasteiger partial charge < -0.3 is 10.2 Å². The molecule has 0 saturated carbocycles. The zero-order chi connectivity index (χ0) is 20.4. The van der Waals surface area contributed by atoms with Gasteiger partial charge in [-0.05, 0) is 63.3 Å². The third-order valence-corrected chi connectivity index (χ3v) is 4.62. The maximum absolute atomic E-state index is 11.0. The zero-order valence-corrected chi connectivity index (χ0v) is 17.1. The first-order valence-corrected chi connectivity index (χ1v) is 9.25. The fourth-order valence-electron chi connectivity index (χ4n) is 3.30. The molecule has 0 aliphatic rings. The first-order chi connectivity index (χ1) is 12.4. The number of hydrogen-bond donors (Lipinski definition) is 2. The van der Waals surface area contributed by atoms with Crippen molar-refractivity contribution in [1.82, 2.24) is 0 Å². The highest BCUT2D eigenvalue weighted by Gasteiger charge is 2.26. The van der Waals surface area contributed by atoms with Gasteiger partial charge in [-0.2, -0.15) is 0 Å². The summed E-state index contributed by atoms with van der Waals surface area (Å²) in [6, 6.07) is 11.5. The molecule has 0 atom stereocenters. The molecule has 3 nitrogen and oxygen atoms in total. The lowest BCUT2D eigenvalue weighted by Gasteiger charge is -2.31. The van der Waals surface area contributed by atoms with Gasteiger partial charge in [-0.15, -0.1) is 0 Å². The Morgan fingerprint density at radius 3 is 1.81 bits per heavy atom. The second-order valence-corrected chi connectivity index (χ2v) is 9.11. The fraction of sp³-hybridized carbons (Fsp3) is 0.375. The van der Waals surface area contributed by atoms with Gasteiger partial charge in [-0.1, -0.05) is 65.8 Å². The number of carboxylic acid groups (broad SMARTS) is 1. The van der Waals surface area contributed by atoms with Crippen LogP contribution >= 0.6 is 0 Å². The molecule has 27 heavy (non-hydrogen) atoms. The van der Waals surface area contributed by atoms with Gasteiger partial charge in [-0.25, -0.2) is 4.79 Å². The Labute approximate surface area is 162 Å². The van der Waals surface area contributed by atoms with Crippen LogP contribution in [0, 0.1) is 0 Å². The maximum Gasteiger partial charge on any atom is 0.328 e. The van der Waals surface area contributed by atoms with E-state index in [1.807, 2.05) is 12.1 Å². The van der Waals surface area contributed by atoms with Gasteiger partial charge >= 0.3 is 5.97 Å². The average molecular weight is 367 g/mol. The molecule has 0 saturated heterocycles. The molecule has 2 N–H and O–H groups in total. The van der Waals surface area contributed by atoms with Crippen molar-refractivity contribution >= 4 is 12.0 Å². The highest BCUT2D eigenvalue weighted by Crippen LogP contribution is 2.37. The summed E-state index contributed by atoms with van der Waals surface area (Å²) >= 11 is 0. The normalized spacial score (nSPS) is 12.5. The largest absolute Gasteiger partial charge is 0.508 e. The molecule has 0 amide bonds. The molecule has 0 aliphatic carbocycles. The number of phenols is 1. The third-order valence-electron chi connectivity index (χ3n) is 4.62. The maximum atomic E-state index is 11.0. The highest BCUT2D eigenvalue weighted by molar-refractivity contribution is 5.85. The van der Waals surface area contributed by atoms with Crippen LogP contribution in [0.1, 0.15) is 69.4 Å². The smallest absolute Gasteiger partial charge is 0.328 e.